The van der Waals surface area contributed by atoms with Crippen molar-refractivity contribution in [1.29, 1.82) is 0 Å². The number of anilines is 1. The van der Waals surface area contributed by atoms with Gasteiger partial charge in [-0.2, -0.15) is 0 Å². The summed E-state index contributed by atoms with van der Waals surface area (Å²) in [5, 5.41) is 22.1. The van der Waals surface area contributed by atoms with Crippen LogP contribution in [-0.4, -0.2) is 40.9 Å². The highest BCUT2D eigenvalue weighted by atomic mass is 16.6. The summed E-state index contributed by atoms with van der Waals surface area (Å²) in [6.45, 7) is 3.69. The van der Waals surface area contributed by atoms with Crippen LogP contribution in [0.4, 0.5) is 17.1 Å². The standard InChI is InChI=1S/C17H18N4O4/c22-20(23)15-6-7-16(17(12-15)21(24)25)19-10-8-18(9-11-19)13-14-4-2-1-3-5-14/h1-7,12H,8-11,13H2. The molecule has 1 heterocycles. The summed E-state index contributed by atoms with van der Waals surface area (Å²) in [7, 11) is 0. The molecule has 1 aliphatic rings. The maximum absolute atomic E-state index is 11.3. The summed E-state index contributed by atoms with van der Waals surface area (Å²) in [6, 6.07) is 14.0. The number of piperazine rings is 1. The number of nitrogens with zero attached hydrogens (tertiary/aromatic N) is 4. The number of nitro groups is 2. The highest BCUT2D eigenvalue weighted by Gasteiger charge is 2.26. The molecule has 1 saturated heterocycles. The van der Waals surface area contributed by atoms with Crippen LogP contribution in [0.3, 0.4) is 0 Å². The number of nitro benzene ring substituents is 2. The normalized spacial score (nSPS) is 15.1. The molecule has 0 unspecified atom stereocenters. The topological polar surface area (TPSA) is 92.8 Å². The zero-order chi connectivity index (χ0) is 17.8. The van der Waals surface area contributed by atoms with Crippen LogP contribution >= 0.6 is 0 Å². The van der Waals surface area contributed by atoms with Crippen molar-refractivity contribution in [3.63, 3.8) is 0 Å². The van der Waals surface area contributed by atoms with Crippen molar-refractivity contribution in [3.05, 3.63) is 74.3 Å². The highest BCUT2D eigenvalue weighted by Crippen LogP contribution is 2.32. The summed E-state index contributed by atoms with van der Waals surface area (Å²) in [5.41, 5.74) is 1.19. The molecule has 1 fully saturated rings. The average Bonchev–Trinajstić information content (AvgIpc) is 2.62. The van der Waals surface area contributed by atoms with Crippen molar-refractivity contribution in [2.24, 2.45) is 0 Å². The minimum Gasteiger partial charge on any atom is -0.363 e. The Hall–Kier alpha value is -3.00. The SMILES string of the molecule is O=[N+]([O-])c1ccc(N2CCN(Cc3ccccc3)CC2)c([N+](=O)[O-])c1. The van der Waals surface area contributed by atoms with E-state index in [0.29, 0.717) is 18.8 Å². The van der Waals surface area contributed by atoms with E-state index >= 15 is 0 Å². The van der Waals surface area contributed by atoms with E-state index < -0.39 is 9.85 Å². The van der Waals surface area contributed by atoms with E-state index in [1.165, 1.54) is 17.7 Å². The van der Waals surface area contributed by atoms with Crippen LogP contribution in [0.5, 0.6) is 0 Å². The van der Waals surface area contributed by atoms with Crippen molar-refractivity contribution in [2.45, 2.75) is 6.54 Å². The first-order valence-electron chi connectivity index (χ1n) is 7.98. The Balaban J connectivity index is 1.70. The maximum Gasteiger partial charge on any atom is 0.299 e. The fourth-order valence-electron chi connectivity index (χ4n) is 3.03. The van der Waals surface area contributed by atoms with Gasteiger partial charge in [0.05, 0.1) is 15.9 Å². The molecule has 1 aliphatic heterocycles. The summed E-state index contributed by atoms with van der Waals surface area (Å²) in [4.78, 5) is 25.2. The van der Waals surface area contributed by atoms with E-state index in [2.05, 4.69) is 17.0 Å². The van der Waals surface area contributed by atoms with Gasteiger partial charge in [0.15, 0.2) is 0 Å². The Labute approximate surface area is 144 Å². The molecule has 2 aromatic carbocycles. The molecule has 2 aromatic rings. The molecule has 0 aromatic heterocycles. The third kappa shape index (κ3) is 3.92. The first-order chi connectivity index (χ1) is 12.0. The van der Waals surface area contributed by atoms with Gasteiger partial charge in [-0.25, -0.2) is 0 Å². The molecular formula is C17H18N4O4. The lowest BCUT2D eigenvalue weighted by Gasteiger charge is -2.35. The van der Waals surface area contributed by atoms with Gasteiger partial charge < -0.3 is 4.90 Å². The smallest absolute Gasteiger partial charge is 0.299 e. The molecule has 0 saturated carbocycles. The minimum absolute atomic E-state index is 0.217. The van der Waals surface area contributed by atoms with Crippen LogP contribution in [0.1, 0.15) is 5.56 Å². The molecule has 25 heavy (non-hydrogen) atoms. The van der Waals surface area contributed by atoms with E-state index in [1.807, 2.05) is 23.1 Å². The first-order valence-corrected chi connectivity index (χ1v) is 7.98. The Morgan fingerprint density at radius 1 is 0.880 bits per heavy atom. The Morgan fingerprint density at radius 3 is 2.16 bits per heavy atom. The molecule has 0 aliphatic carbocycles. The van der Waals surface area contributed by atoms with Crippen LogP contribution in [-0.2, 0) is 6.54 Å². The van der Waals surface area contributed by atoms with Crippen molar-refractivity contribution >= 4 is 17.1 Å². The predicted molar refractivity (Wildman–Crippen MR) is 93.7 cm³/mol. The molecule has 3 rings (SSSR count). The van der Waals surface area contributed by atoms with Gasteiger partial charge >= 0.3 is 0 Å². The Kier molecular flexibility index (Phi) is 4.90. The fraction of sp³-hybridized carbons (Fsp3) is 0.294. The van der Waals surface area contributed by atoms with Gasteiger partial charge in [-0.05, 0) is 11.6 Å². The summed E-state index contributed by atoms with van der Waals surface area (Å²) < 4.78 is 0. The number of rotatable bonds is 5. The zero-order valence-electron chi connectivity index (χ0n) is 13.6. The molecule has 0 spiro atoms. The molecular weight excluding hydrogens is 324 g/mol. The number of benzene rings is 2. The lowest BCUT2D eigenvalue weighted by atomic mass is 10.1. The van der Waals surface area contributed by atoms with Crippen molar-refractivity contribution in [3.8, 4) is 0 Å². The zero-order valence-corrected chi connectivity index (χ0v) is 13.6. The molecule has 0 amide bonds. The van der Waals surface area contributed by atoms with Gasteiger partial charge in [-0.1, -0.05) is 30.3 Å². The second-order valence-corrected chi connectivity index (χ2v) is 5.94. The first kappa shape index (κ1) is 16.8. The van der Waals surface area contributed by atoms with Crippen molar-refractivity contribution in [1.82, 2.24) is 4.90 Å². The van der Waals surface area contributed by atoms with Crippen molar-refractivity contribution in [2.75, 3.05) is 31.1 Å². The van der Waals surface area contributed by atoms with Crippen LogP contribution in [0.25, 0.3) is 0 Å². The van der Waals surface area contributed by atoms with E-state index in [-0.39, 0.29) is 11.4 Å². The number of hydrogen-bond acceptors (Lipinski definition) is 6. The van der Waals surface area contributed by atoms with Crippen LogP contribution in [0.15, 0.2) is 48.5 Å². The van der Waals surface area contributed by atoms with Crippen molar-refractivity contribution < 1.29 is 9.85 Å². The average molecular weight is 342 g/mol. The third-order valence-electron chi connectivity index (χ3n) is 4.33. The molecule has 8 heteroatoms. The van der Waals surface area contributed by atoms with Gasteiger partial charge in [-0.3, -0.25) is 25.1 Å². The lowest BCUT2D eigenvalue weighted by Crippen LogP contribution is -2.46. The van der Waals surface area contributed by atoms with E-state index in [9.17, 15) is 20.2 Å². The van der Waals surface area contributed by atoms with Gasteiger partial charge in [0.2, 0.25) is 0 Å². The van der Waals surface area contributed by atoms with Crippen LogP contribution in [0.2, 0.25) is 0 Å². The van der Waals surface area contributed by atoms with Gasteiger partial charge in [0, 0.05) is 38.8 Å². The Morgan fingerprint density at radius 2 is 1.56 bits per heavy atom. The molecule has 0 bridgehead atoms. The van der Waals surface area contributed by atoms with Gasteiger partial charge in [-0.15, -0.1) is 0 Å². The number of non-ortho nitro benzene ring substituents is 1. The largest absolute Gasteiger partial charge is 0.363 e. The fourth-order valence-corrected chi connectivity index (χ4v) is 3.03. The van der Waals surface area contributed by atoms with E-state index in [4.69, 9.17) is 0 Å². The molecule has 8 nitrogen and oxygen atoms in total. The Bertz CT molecular complexity index is 773. The van der Waals surface area contributed by atoms with Gasteiger partial charge in [0.1, 0.15) is 5.69 Å². The lowest BCUT2D eigenvalue weighted by molar-refractivity contribution is -0.393. The summed E-state index contributed by atoms with van der Waals surface area (Å²) >= 11 is 0. The number of hydrogen-bond donors (Lipinski definition) is 0. The van der Waals surface area contributed by atoms with Gasteiger partial charge in [0.25, 0.3) is 11.4 Å². The molecule has 0 N–H and O–H groups in total. The van der Waals surface area contributed by atoms with E-state index in [0.717, 1.165) is 25.7 Å². The molecule has 130 valence electrons. The van der Waals surface area contributed by atoms with Crippen LogP contribution in [0, 0.1) is 20.2 Å². The predicted octanol–water partition coefficient (Wildman–Crippen LogP) is 2.83. The maximum atomic E-state index is 11.3. The molecule has 0 radical (unpaired) electrons. The third-order valence-corrected chi connectivity index (χ3v) is 4.33. The second-order valence-electron chi connectivity index (χ2n) is 5.94. The summed E-state index contributed by atoms with van der Waals surface area (Å²) in [6.07, 6.45) is 0. The monoisotopic (exact) mass is 342 g/mol. The van der Waals surface area contributed by atoms with E-state index in [1.54, 1.807) is 0 Å². The quantitative estimate of drug-likeness (QED) is 0.613. The highest BCUT2D eigenvalue weighted by molar-refractivity contribution is 5.67. The molecule has 0 atom stereocenters. The van der Waals surface area contributed by atoms with Crippen LogP contribution < -0.4 is 4.90 Å². The minimum atomic E-state index is -0.616. The second kappa shape index (κ2) is 7.27. The summed E-state index contributed by atoms with van der Waals surface area (Å²) in [5.74, 6) is 0.